The summed E-state index contributed by atoms with van der Waals surface area (Å²) in [4.78, 5) is 8.06. The van der Waals surface area contributed by atoms with Crippen molar-refractivity contribution >= 4 is 0 Å². The lowest BCUT2D eigenvalue weighted by atomic mass is 9.90. The van der Waals surface area contributed by atoms with Crippen LogP contribution < -0.4 is 5.73 Å². The lowest BCUT2D eigenvalue weighted by Crippen LogP contribution is -2.28. The molecule has 2 N–H and O–H groups in total. The predicted octanol–water partition coefficient (Wildman–Crippen LogP) is 0.903. The zero-order chi connectivity index (χ0) is 9.80. The highest BCUT2D eigenvalue weighted by molar-refractivity contribution is 5.05. The van der Waals surface area contributed by atoms with Crippen LogP contribution in [0.4, 0.5) is 0 Å². The van der Waals surface area contributed by atoms with Crippen LogP contribution in [0, 0.1) is 5.92 Å². The van der Waals surface area contributed by atoms with E-state index < -0.39 is 0 Å². The third-order valence-electron chi connectivity index (χ3n) is 2.72. The van der Waals surface area contributed by atoms with Crippen LogP contribution >= 0.6 is 0 Å². The molecule has 1 aliphatic heterocycles. The molecule has 4 nitrogen and oxygen atoms in total. The van der Waals surface area contributed by atoms with Crippen molar-refractivity contribution in [3.63, 3.8) is 0 Å². The molecule has 0 radical (unpaired) electrons. The van der Waals surface area contributed by atoms with Gasteiger partial charge in [0.25, 0.3) is 0 Å². The van der Waals surface area contributed by atoms with Gasteiger partial charge in [0.15, 0.2) is 0 Å². The molecular formula is C10H15N3O. The van der Waals surface area contributed by atoms with E-state index in [4.69, 9.17) is 10.5 Å². The van der Waals surface area contributed by atoms with Crippen molar-refractivity contribution in [1.29, 1.82) is 0 Å². The van der Waals surface area contributed by atoms with Gasteiger partial charge in [-0.25, -0.2) is 9.97 Å². The Labute approximate surface area is 83.5 Å². The van der Waals surface area contributed by atoms with Gasteiger partial charge in [0, 0.05) is 19.4 Å². The summed E-state index contributed by atoms with van der Waals surface area (Å²) in [5.41, 5.74) is 7.06. The second-order valence-corrected chi connectivity index (χ2v) is 3.61. The van der Waals surface area contributed by atoms with E-state index >= 15 is 0 Å². The molecule has 1 saturated heterocycles. The van der Waals surface area contributed by atoms with Crippen LogP contribution in [0.25, 0.3) is 0 Å². The number of hydrogen-bond acceptors (Lipinski definition) is 4. The van der Waals surface area contributed by atoms with Crippen molar-refractivity contribution in [2.24, 2.45) is 11.7 Å². The van der Waals surface area contributed by atoms with Gasteiger partial charge in [-0.3, -0.25) is 0 Å². The Morgan fingerprint density at radius 2 is 2.21 bits per heavy atom. The van der Waals surface area contributed by atoms with Gasteiger partial charge in [-0.15, -0.1) is 0 Å². The van der Waals surface area contributed by atoms with Gasteiger partial charge in [-0.05, 0) is 24.8 Å². The van der Waals surface area contributed by atoms with E-state index in [1.807, 2.05) is 6.07 Å². The van der Waals surface area contributed by atoms with Gasteiger partial charge in [0.05, 0.1) is 11.7 Å². The van der Waals surface area contributed by atoms with E-state index in [1.54, 1.807) is 12.5 Å². The summed E-state index contributed by atoms with van der Waals surface area (Å²) in [5.74, 6) is 0.499. The second kappa shape index (κ2) is 4.48. The van der Waals surface area contributed by atoms with Crippen LogP contribution in [0.3, 0.4) is 0 Å². The average molecular weight is 193 g/mol. The topological polar surface area (TPSA) is 61.0 Å². The fourth-order valence-corrected chi connectivity index (χ4v) is 1.81. The molecule has 0 aliphatic carbocycles. The van der Waals surface area contributed by atoms with Gasteiger partial charge in [-0.1, -0.05) is 0 Å². The SMILES string of the molecule is NC(c1ccncn1)C1CCOCC1. The molecule has 2 heterocycles. The molecule has 2 rings (SSSR count). The van der Waals surface area contributed by atoms with Crippen molar-refractivity contribution in [2.45, 2.75) is 18.9 Å². The summed E-state index contributed by atoms with van der Waals surface area (Å²) in [6.07, 6.45) is 5.35. The molecular weight excluding hydrogens is 178 g/mol. The maximum absolute atomic E-state index is 6.12. The van der Waals surface area contributed by atoms with Crippen molar-refractivity contribution in [2.75, 3.05) is 13.2 Å². The monoisotopic (exact) mass is 193 g/mol. The summed E-state index contributed by atoms with van der Waals surface area (Å²) in [6, 6.07) is 1.92. The fraction of sp³-hybridized carbons (Fsp3) is 0.600. The van der Waals surface area contributed by atoms with Crippen LogP contribution in [-0.4, -0.2) is 23.2 Å². The smallest absolute Gasteiger partial charge is 0.115 e. The summed E-state index contributed by atoms with van der Waals surface area (Å²) >= 11 is 0. The number of nitrogens with zero attached hydrogens (tertiary/aromatic N) is 2. The van der Waals surface area contributed by atoms with Gasteiger partial charge >= 0.3 is 0 Å². The fourth-order valence-electron chi connectivity index (χ4n) is 1.81. The Morgan fingerprint density at radius 3 is 2.86 bits per heavy atom. The Balaban J connectivity index is 2.03. The van der Waals surface area contributed by atoms with Crippen LogP contribution in [0.15, 0.2) is 18.6 Å². The molecule has 1 aromatic heterocycles. The Bertz CT molecular complexity index is 272. The van der Waals surface area contributed by atoms with Crippen molar-refractivity contribution in [1.82, 2.24) is 9.97 Å². The largest absolute Gasteiger partial charge is 0.381 e. The highest BCUT2D eigenvalue weighted by Crippen LogP contribution is 2.26. The van der Waals surface area contributed by atoms with E-state index in [1.165, 1.54) is 0 Å². The normalized spacial score (nSPS) is 20.6. The third kappa shape index (κ3) is 2.08. The van der Waals surface area contributed by atoms with Crippen LogP contribution in [0.2, 0.25) is 0 Å². The first kappa shape index (κ1) is 9.55. The first-order valence-corrected chi connectivity index (χ1v) is 4.97. The van der Waals surface area contributed by atoms with Gasteiger partial charge in [0.1, 0.15) is 6.33 Å². The second-order valence-electron chi connectivity index (χ2n) is 3.61. The van der Waals surface area contributed by atoms with Gasteiger partial charge in [-0.2, -0.15) is 0 Å². The first-order chi connectivity index (χ1) is 6.88. The summed E-state index contributed by atoms with van der Waals surface area (Å²) < 4.78 is 5.30. The first-order valence-electron chi connectivity index (χ1n) is 4.97. The molecule has 76 valence electrons. The third-order valence-corrected chi connectivity index (χ3v) is 2.72. The summed E-state index contributed by atoms with van der Waals surface area (Å²) in [7, 11) is 0. The quantitative estimate of drug-likeness (QED) is 0.758. The molecule has 1 aromatic rings. The van der Waals surface area contributed by atoms with E-state index in [0.717, 1.165) is 31.7 Å². The van der Waals surface area contributed by atoms with Crippen LogP contribution in [0.5, 0.6) is 0 Å². The zero-order valence-electron chi connectivity index (χ0n) is 8.10. The molecule has 1 atom stereocenters. The molecule has 0 saturated carbocycles. The molecule has 14 heavy (non-hydrogen) atoms. The van der Waals surface area contributed by atoms with E-state index in [-0.39, 0.29) is 6.04 Å². The van der Waals surface area contributed by atoms with Crippen molar-refractivity contribution in [3.8, 4) is 0 Å². The molecule has 4 heteroatoms. The summed E-state index contributed by atoms with van der Waals surface area (Å²) in [6.45, 7) is 1.65. The lowest BCUT2D eigenvalue weighted by molar-refractivity contribution is 0.0579. The molecule has 0 bridgehead atoms. The van der Waals surface area contributed by atoms with E-state index in [9.17, 15) is 0 Å². The van der Waals surface area contributed by atoms with Crippen molar-refractivity contribution < 1.29 is 4.74 Å². The Kier molecular flexibility index (Phi) is 3.06. The number of nitrogens with two attached hydrogens (primary N) is 1. The Hall–Kier alpha value is -1.00. The number of ether oxygens (including phenoxy) is 1. The van der Waals surface area contributed by atoms with Crippen LogP contribution in [0.1, 0.15) is 24.6 Å². The summed E-state index contributed by atoms with van der Waals surface area (Å²) in [5, 5.41) is 0. The van der Waals surface area contributed by atoms with Crippen molar-refractivity contribution in [3.05, 3.63) is 24.3 Å². The van der Waals surface area contributed by atoms with Crippen LogP contribution in [-0.2, 0) is 4.74 Å². The standard InChI is InChI=1S/C10H15N3O/c11-10(8-2-5-14-6-3-8)9-1-4-12-7-13-9/h1,4,7-8,10H,2-3,5-6,11H2. The minimum atomic E-state index is 0.0295. The Morgan fingerprint density at radius 1 is 1.43 bits per heavy atom. The van der Waals surface area contributed by atoms with Gasteiger partial charge < -0.3 is 10.5 Å². The average Bonchev–Trinajstić information content (AvgIpc) is 2.30. The zero-order valence-corrected chi connectivity index (χ0v) is 8.10. The molecule has 1 aliphatic rings. The van der Waals surface area contributed by atoms with E-state index in [0.29, 0.717) is 5.92 Å². The number of hydrogen-bond donors (Lipinski definition) is 1. The highest BCUT2D eigenvalue weighted by Gasteiger charge is 2.22. The highest BCUT2D eigenvalue weighted by atomic mass is 16.5. The molecule has 0 aromatic carbocycles. The van der Waals surface area contributed by atoms with Gasteiger partial charge in [0.2, 0.25) is 0 Å². The number of rotatable bonds is 2. The maximum Gasteiger partial charge on any atom is 0.115 e. The molecule has 1 fully saturated rings. The minimum Gasteiger partial charge on any atom is -0.381 e. The number of aromatic nitrogens is 2. The lowest BCUT2D eigenvalue weighted by Gasteiger charge is -2.26. The molecule has 0 spiro atoms. The molecule has 0 amide bonds. The molecule has 1 unspecified atom stereocenters. The predicted molar refractivity (Wildman–Crippen MR) is 52.5 cm³/mol. The minimum absolute atomic E-state index is 0.0295. The van der Waals surface area contributed by atoms with E-state index in [2.05, 4.69) is 9.97 Å². The maximum atomic E-state index is 6.12.